The molecule has 0 bridgehead atoms. The molecule has 5 heteroatoms. The van der Waals surface area contributed by atoms with Gasteiger partial charge in [-0.2, -0.15) is 0 Å². The number of unbranched alkanes of at least 4 members (excludes halogenated alkanes) is 13. The second-order valence-corrected chi connectivity index (χ2v) is 8.10. The maximum atomic E-state index is 8.81. The molecular weight excluding hydrogens is 370 g/mol. The molecule has 1 aromatic heterocycles. The molecule has 4 nitrogen and oxygen atoms in total. The fourth-order valence-corrected chi connectivity index (χ4v) is 3.70. The normalized spacial score (nSPS) is 11.6. The van der Waals surface area contributed by atoms with Gasteiger partial charge in [-0.1, -0.05) is 89.1 Å². The van der Waals surface area contributed by atoms with Crippen LogP contribution in [-0.2, 0) is 13.1 Å². The summed E-state index contributed by atoms with van der Waals surface area (Å²) in [5, 5.41) is 12.1. The summed E-state index contributed by atoms with van der Waals surface area (Å²) in [5.41, 5.74) is 0.734. The molecule has 28 heavy (non-hydrogen) atoms. The maximum absolute atomic E-state index is 8.81. The molecule has 0 aliphatic rings. The topological polar surface area (TPSA) is 41.4 Å². The summed E-state index contributed by atoms with van der Waals surface area (Å²) < 4.78 is 4.45. The minimum Gasteiger partial charge on any atom is -1.00 e. The molecule has 1 aromatic rings. The van der Waals surface area contributed by atoms with E-state index >= 15 is 0 Å². The third kappa shape index (κ3) is 12.4. The van der Waals surface area contributed by atoms with Gasteiger partial charge in [0.1, 0.15) is 18.9 Å². The summed E-state index contributed by atoms with van der Waals surface area (Å²) in [5.74, 6) is 1.23. The van der Waals surface area contributed by atoms with Crippen molar-refractivity contribution in [3.63, 3.8) is 0 Å². The Morgan fingerprint density at radius 2 is 1.36 bits per heavy atom. The van der Waals surface area contributed by atoms with Crippen LogP contribution in [0, 0.1) is 6.92 Å². The van der Waals surface area contributed by atoms with Crippen LogP contribution >= 0.6 is 0 Å². The highest BCUT2D eigenvalue weighted by molar-refractivity contribution is 5.79. The van der Waals surface area contributed by atoms with Crippen molar-refractivity contribution >= 4 is 5.71 Å². The molecule has 0 amide bonds. The summed E-state index contributed by atoms with van der Waals surface area (Å²) in [6, 6.07) is 0. The molecule has 164 valence electrons. The van der Waals surface area contributed by atoms with Crippen LogP contribution in [0.4, 0.5) is 0 Å². The Labute approximate surface area is 179 Å². The average molecular weight is 414 g/mol. The predicted octanol–water partition coefficient (Wildman–Crippen LogP) is 3.42. The van der Waals surface area contributed by atoms with Gasteiger partial charge in [-0.15, -0.1) is 0 Å². The molecule has 0 fully saturated rings. The Bertz CT molecular complexity index is 514. The van der Waals surface area contributed by atoms with Gasteiger partial charge in [0.25, 0.3) is 5.82 Å². The van der Waals surface area contributed by atoms with Gasteiger partial charge in [0, 0.05) is 6.92 Å². The molecule has 0 aliphatic heterocycles. The van der Waals surface area contributed by atoms with Crippen molar-refractivity contribution in [1.29, 1.82) is 0 Å². The van der Waals surface area contributed by atoms with Crippen LogP contribution in [-0.4, -0.2) is 15.5 Å². The van der Waals surface area contributed by atoms with Gasteiger partial charge < -0.3 is 17.6 Å². The zero-order valence-electron chi connectivity index (χ0n) is 18.6. The molecule has 0 saturated heterocycles. The Morgan fingerprint density at radius 3 is 1.82 bits per heavy atom. The van der Waals surface area contributed by atoms with E-state index in [-0.39, 0.29) is 12.4 Å². The first kappa shape index (κ1) is 27.0. The SMILES string of the molecule is CCCCCCCCCCCCCCCCn1cc[n+](CC(C)=NO)c1C.[Cl-]. The van der Waals surface area contributed by atoms with E-state index in [1.165, 1.54) is 95.7 Å². The minimum absolute atomic E-state index is 0. The largest absolute Gasteiger partial charge is 1.00 e. The van der Waals surface area contributed by atoms with E-state index < -0.39 is 0 Å². The van der Waals surface area contributed by atoms with E-state index in [9.17, 15) is 0 Å². The van der Waals surface area contributed by atoms with Crippen LogP contribution in [0.2, 0.25) is 0 Å². The molecule has 0 atom stereocenters. The number of halogens is 1. The van der Waals surface area contributed by atoms with Crippen LogP contribution in [0.15, 0.2) is 17.5 Å². The number of nitrogens with zero attached hydrogens (tertiary/aromatic N) is 3. The molecule has 0 unspecified atom stereocenters. The fourth-order valence-electron chi connectivity index (χ4n) is 3.70. The first-order valence-corrected chi connectivity index (χ1v) is 11.4. The lowest BCUT2D eigenvalue weighted by Gasteiger charge is -2.03. The van der Waals surface area contributed by atoms with Gasteiger partial charge in [-0.3, -0.25) is 0 Å². The zero-order valence-corrected chi connectivity index (χ0v) is 19.4. The Morgan fingerprint density at radius 1 is 0.893 bits per heavy atom. The molecule has 0 aromatic carbocycles. The highest BCUT2D eigenvalue weighted by atomic mass is 35.5. The van der Waals surface area contributed by atoms with Gasteiger partial charge in [0.2, 0.25) is 0 Å². The number of oxime groups is 1. The van der Waals surface area contributed by atoms with Crippen molar-refractivity contribution < 1.29 is 22.2 Å². The second kappa shape index (κ2) is 18.0. The van der Waals surface area contributed by atoms with Crippen LogP contribution in [0.25, 0.3) is 0 Å². The van der Waals surface area contributed by atoms with Crippen molar-refractivity contribution in [1.82, 2.24) is 4.57 Å². The van der Waals surface area contributed by atoms with E-state index in [1.54, 1.807) is 0 Å². The van der Waals surface area contributed by atoms with Crippen molar-refractivity contribution in [3.8, 4) is 0 Å². The summed E-state index contributed by atoms with van der Waals surface area (Å²) in [6.45, 7) is 8.01. The molecule has 0 aliphatic carbocycles. The maximum Gasteiger partial charge on any atom is 0.253 e. The number of hydrogen-bond acceptors (Lipinski definition) is 2. The van der Waals surface area contributed by atoms with Crippen LogP contribution < -0.4 is 17.0 Å². The number of imidazole rings is 1. The van der Waals surface area contributed by atoms with E-state index in [2.05, 4.69) is 40.5 Å². The van der Waals surface area contributed by atoms with E-state index in [0.717, 1.165) is 12.3 Å². The van der Waals surface area contributed by atoms with E-state index in [4.69, 9.17) is 5.21 Å². The van der Waals surface area contributed by atoms with E-state index in [1.807, 2.05) is 6.92 Å². The lowest BCUT2D eigenvalue weighted by atomic mass is 10.0. The van der Waals surface area contributed by atoms with Crippen molar-refractivity contribution in [2.75, 3.05) is 0 Å². The molecule has 1 heterocycles. The highest BCUT2D eigenvalue weighted by Crippen LogP contribution is 2.13. The third-order valence-corrected chi connectivity index (χ3v) is 5.58. The van der Waals surface area contributed by atoms with Crippen LogP contribution in [0.3, 0.4) is 0 Å². The number of rotatable bonds is 17. The molecule has 1 rings (SSSR count). The summed E-state index contributed by atoms with van der Waals surface area (Å²) >= 11 is 0. The van der Waals surface area contributed by atoms with Gasteiger partial charge in [0.05, 0.1) is 12.3 Å². The van der Waals surface area contributed by atoms with Gasteiger partial charge in [-0.05, 0) is 19.8 Å². The van der Waals surface area contributed by atoms with Gasteiger partial charge in [-0.25, -0.2) is 9.13 Å². The Kier molecular flexibility index (Phi) is 17.4. The summed E-state index contributed by atoms with van der Waals surface area (Å²) in [6.07, 6.45) is 23.8. The van der Waals surface area contributed by atoms with Gasteiger partial charge in [0.15, 0.2) is 0 Å². The molecule has 0 spiro atoms. The number of hydrogen-bond donors (Lipinski definition) is 1. The third-order valence-electron chi connectivity index (χ3n) is 5.58. The zero-order chi connectivity index (χ0) is 19.7. The molecule has 1 N–H and O–H groups in total. The van der Waals surface area contributed by atoms with Crippen molar-refractivity contribution in [2.45, 2.75) is 124 Å². The fraction of sp³-hybridized carbons (Fsp3) is 0.826. The first-order chi connectivity index (χ1) is 13.2. The minimum atomic E-state index is 0. The standard InChI is InChI=1S/C23H43N3O.ClH/c1-4-5-6-7-8-9-10-11-12-13-14-15-16-17-18-25-19-20-26(23(25)3)21-22(2)24-27;/h19-20H,4-18,21H2,1-3H3;1H. The van der Waals surface area contributed by atoms with Crippen molar-refractivity contribution in [3.05, 3.63) is 18.2 Å². The first-order valence-electron chi connectivity index (χ1n) is 11.4. The Hall–Kier alpha value is -1.03. The van der Waals surface area contributed by atoms with E-state index in [0.29, 0.717) is 6.54 Å². The average Bonchev–Trinajstić information content (AvgIpc) is 3.01. The quantitative estimate of drug-likeness (QED) is 0.137. The lowest BCUT2D eigenvalue weighted by Crippen LogP contribution is -3.00. The Balaban J connectivity index is 0.00000729. The van der Waals surface area contributed by atoms with Crippen LogP contribution in [0.1, 0.15) is 110 Å². The summed E-state index contributed by atoms with van der Waals surface area (Å²) in [4.78, 5) is 0. The predicted molar refractivity (Wildman–Crippen MR) is 115 cm³/mol. The van der Waals surface area contributed by atoms with Crippen molar-refractivity contribution in [2.24, 2.45) is 5.16 Å². The highest BCUT2D eigenvalue weighted by Gasteiger charge is 2.12. The van der Waals surface area contributed by atoms with Gasteiger partial charge >= 0.3 is 0 Å². The van der Waals surface area contributed by atoms with Crippen LogP contribution in [0.5, 0.6) is 0 Å². The smallest absolute Gasteiger partial charge is 0.253 e. The molecule has 0 radical (unpaired) electrons. The molecule has 0 saturated carbocycles. The number of aryl methyl sites for hydroxylation is 1. The monoisotopic (exact) mass is 413 g/mol. The summed E-state index contributed by atoms with van der Waals surface area (Å²) in [7, 11) is 0. The lowest BCUT2D eigenvalue weighted by molar-refractivity contribution is -0.687. The molecular formula is C23H44ClN3O. The second-order valence-electron chi connectivity index (χ2n) is 8.10. The number of aromatic nitrogens is 2.